The maximum absolute atomic E-state index is 12.4. The average Bonchev–Trinajstić information content (AvgIpc) is 2.61. The summed E-state index contributed by atoms with van der Waals surface area (Å²) in [6.45, 7) is 5.79. The van der Waals surface area contributed by atoms with E-state index in [0.29, 0.717) is 17.0 Å². The molecular formula is C21H22N2O3. The predicted molar refractivity (Wildman–Crippen MR) is 104 cm³/mol. The number of H-pyrrole nitrogens is 1. The fourth-order valence-electron chi connectivity index (χ4n) is 2.84. The Hall–Kier alpha value is -3.08. The summed E-state index contributed by atoms with van der Waals surface area (Å²) in [4.78, 5) is 27.1. The largest absolute Gasteiger partial charge is 0.481 e. The fraction of sp³-hybridized carbons (Fsp3) is 0.238. The molecule has 0 fully saturated rings. The number of anilines is 1. The van der Waals surface area contributed by atoms with E-state index >= 15 is 0 Å². The zero-order valence-electron chi connectivity index (χ0n) is 15.1. The van der Waals surface area contributed by atoms with Gasteiger partial charge in [0.2, 0.25) is 5.56 Å². The summed E-state index contributed by atoms with van der Waals surface area (Å²) in [7, 11) is 0. The number of carbonyl (C=O) groups excluding carboxylic acids is 1. The number of rotatable bonds is 5. The van der Waals surface area contributed by atoms with Crippen molar-refractivity contribution >= 4 is 22.5 Å². The minimum Gasteiger partial charge on any atom is -0.481 e. The number of para-hydroxylation sites is 1. The van der Waals surface area contributed by atoms with Gasteiger partial charge in [-0.05, 0) is 42.7 Å². The number of carbonyl (C=O) groups is 1. The first-order valence-corrected chi connectivity index (χ1v) is 8.63. The summed E-state index contributed by atoms with van der Waals surface area (Å²) in [5.74, 6) is 0.620. The first kappa shape index (κ1) is 17.7. The van der Waals surface area contributed by atoms with Gasteiger partial charge >= 0.3 is 0 Å². The van der Waals surface area contributed by atoms with Crippen molar-refractivity contribution in [1.29, 1.82) is 0 Å². The normalized spacial score (nSPS) is 12.2. The van der Waals surface area contributed by atoms with E-state index in [9.17, 15) is 9.59 Å². The SMILES string of the molecule is CC(Oc1ccccc1)C(=O)Nc1ccc2c(C(C)C)cc(=O)[nH]c2c1. The third-order valence-electron chi connectivity index (χ3n) is 4.19. The maximum Gasteiger partial charge on any atom is 0.265 e. The Labute approximate surface area is 152 Å². The Morgan fingerprint density at radius 2 is 1.77 bits per heavy atom. The highest BCUT2D eigenvalue weighted by Gasteiger charge is 2.15. The Morgan fingerprint density at radius 1 is 1.04 bits per heavy atom. The molecule has 0 aliphatic heterocycles. The molecule has 1 unspecified atom stereocenters. The van der Waals surface area contributed by atoms with E-state index in [4.69, 9.17) is 4.74 Å². The van der Waals surface area contributed by atoms with E-state index in [1.807, 2.05) is 44.2 Å². The van der Waals surface area contributed by atoms with Crippen LogP contribution in [0.15, 0.2) is 59.4 Å². The zero-order chi connectivity index (χ0) is 18.7. The number of aromatic nitrogens is 1. The summed E-state index contributed by atoms with van der Waals surface area (Å²) in [6.07, 6.45) is -0.644. The van der Waals surface area contributed by atoms with Gasteiger partial charge in [-0.1, -0.05) is 38.1 Å². The van der Waals surface area contributed by atoms with Crippen LogP contribution >= 0.6 is 0 Å². The molecule has 3 rings (SSSR count). The summed E-state index contributed by atoms with van der Waals surface area (Å²) in [5.41, 5.74) is 2.16. The smallest absolute Gasteiger partial charge is 0.265 e. The van der Waals surface area contributed by atoms with Crippen LogP contribution < -0.4 is 15.6 Å². The Bertz CT molecular complexity index is 977. The Balaban J connectivity index is 1.80. The molecule has 0 bridgehead atoms. The van der Waals surface area contributed by atoms with Crippen molar-refractivity contribution in [2.75, 3.05) is 5.32 Å². The fourth-order valence-corrected chi connectivity index (χ4v) is 2.84. The first-order valence-electron chi connectivity index (χ1n) is 8.63. The molecule has 2 aromatic carbocycles. The van der Waals surface area contributed by atoms with Crippen LogP contribution in [0.1, 0.15) is 32.3 Å². The van der Waals surface area contributed by atoms with Crippen molar-refractivity contribution in [2.24, 2.45) is 0 Å². The number of amides is 1. The lowest BCUT2D eigenvalue weighted by Crippen LogP contribution is -2.30. The van der Waals surface area contributed by atoms with Crippen LogP contribution in [0, 0.1) is 0 Å². The van der Waals surface area contributed by atoms with Crippen LogP contribution in [0.25, 0.3) is 10.9 Å². The minimum absolute atomic E-state index is 0.148. The Kier molecular flexibility index (Phi) is 5.07. The standard InChI is InChI=1S/C21H22N2O3/c1-13(2)18-12-20(24)23-19-11-15(9-10-17(18)19)22-21(25)14(3)26-16-7-5-4-6-8-16/h4-14H,1-3H3,(H,22,25)(H,23,24). The van der Waals surface area contributed by atoms with Gasteiger partial charge in [-0.2, -0.15) is 0 Å². The van der Waals surface area contributed by atoms with Gasteiger partial charge < -0.3 is 15.0 Å². The van der Waals surface area contributed by atoms with Crippen LogP contribution in [0.3, 0.4) is 0 Å². The van der Waals surface area contributed by atoms with Gasteiger partial charge in [-0.25, -0.2) is 0 Å². The molecule has 0 radical (unpaired) electrons. The summed E-state index contributed by atoms with van der Waals surface area (Å²) >= 11 is 0. The van der Waals surface area contributed by atoms with Gasteiger partial charge in [-0.15, -0.1) is 0 Å². The molecular weight excluding hydrogens is 328 g/mol. The number of hydrogen-bond donors (Lipinski definition) is 2. The Morgan fingerprint density at radius 3 is 2.46 bits per heavy atom. The molecule has 134 valence electrons. The van der Waals surface area contributed by atoms with Crippen molar-refractivity contribution in [3.05, 3.63) is 70.5 Å². The molecule has 3 aromatic rings. The van der Waals surface area contributed by atoms with Gasteiger partial charge in [0.05, 0.1) is 5.52 Å². The minimum atomic E-state index is -0.644. The van der Waals surface area contributed by atoms with Gasteiger partial charge in [-0.3, -0.25) is 9.59 Å². The zero-order valence-corrected chi connectivity index (χ0v) is 15.1. The average molecular weight is 350 g/mol. The molecule has 5 nitrogen and oxygen atoms in total. The maximum atomic E-state index is 12.4. The molecule has 1 amide bonds. The number of aromatic amines is 1. The molecule has 0 saturated heterocycles. The molecule has 0 aliphatic rings. The highest BCUT2D eigenvalue weighted by Crippen LogP contribution is 2.25. The number of pyridine rings is 1. The van der Waals surface area contributed by atoms with E-state index < -0.39 is 6.10 Å². The lowest BCUT2D eigenvalue weighted by Gasteiger charge is -2.15. The quantitative estimate of drug-likeness (QED) is 0.729. The van der Waals surface area contributed by atoms with Crippen LogP contribution in [-0.2, 0) is 4.79 Å². The molecule has 26 heavy (non-hydrogen) atoms. The van der Waals surface area contributed by atoms with Gasteiger partial charge in [0.15, 0.2) is 6.10 Å². The van der Waals surface area contributed by atoms with Crippen LogP contribution in [0.5, 0.6) is 5.75 Å². The molecule has 1 atom stereocenters. The van der Waals surface area contributed by atoms with Gasteiger partial charge in [0, 0.05) is 17.1 Å². The topological polar surface area (TPSA) is 71.2 Å². The molecule has 1 heterocycles. The molecule has 1 aromatic heterocycles. The molecule has 5 heteroatoms. The molecule has 0 spiro atoms. The van der Waals surface area contributed by atoms with E-state index in [2.05, 4.69) is 10.3 Å². The van der Waals surface area contributed by atoms with Crippen LogP contribution in [0.2, 0.25) is 0 Å². The number of fused-ring (bicyclic) bond motifs is 1. The third-order valence-corrected chi connectivity index (χ3v) is 4.19. The summed E-state index contributed by atoms with van der Waals surface area (Å²) < 4.78 is 5.64. The van der Waals surface area contributed by atoms with Crippen LogP contribution in [0.4, 0.5) is 5.69 Å². The monoisotopic (exact) mass is 350 g/mol. The lowest BCUT2D eigenvalue weighted by atomic mass is 9.99. The summed E-state index contributed by atoms with van der Waals surface area (Å²) in [6, 6.07) is 16.3. The van der Waals surface area contributed by atoms with E-state index in [1.165, 1.54) is 0 Å². The van der Waals surface area contributed by atoms with Crippen molar-refractivity contribution in [2.45, 2.75) is 32.8 Å². The second-order valence-corrected chi connectivity index (χ2v) is 6.57. The van der Waals surface area contributed by atoms with Gasteiger partial charge in [0.25, 0.3) is 5.91 Å². The molecule has 0 saturated carbocycles. The summed E-state index contributed by atoms with van der Waals surface area (Å²) in [5, 5.41) is 3.81. The highest BCUT2D eigenvalue weighted by molar-refractivity contribution is 5.96. The highest BCUT2D eigenvalue weighted by atomic mass is 16.5. The van der Waals surface area contributed by atoms with E-state index in [1.54, 1.807) is 31.2 Å². The number of ether oxygens (including phenoxy) is 1. The number of hydrogen-bond acceptors (Lipinski definition) is 3. The number of nitrogens with one attached hydrogen (secondary N) is 2. The first-order chi connectivity index (χ1) is 12.4. The van der Waals surface area contributed by atoms with E-state index in [0.717, 1.165) is 10.9 Å². The predicted octanol–water partition coefficient (Wildman–Crippen LogP) is 4.06. The third kappa shape index (κ3) is 3.94. The van der Waals surface area contributed by atoms with Gasteiger partial charge in [0.1, 0.15) is 5.75 Å². The van der Waals surface area contributed by atoms with E-state index in [-0.39, 0.29) is 17.4 Å². The molecule has 2 N–H and O–H groups in total. The molecule has 0 aliphatic carbocycles. The van der Waals surface area contributed by atoms with Crippen molar-refractivity contribution < 1.29 is 9.53 Å². The van der Waals surface area contributed by atoms with Crippen molar-refractivity contribution in [1.82, 2.24) is 4.98 Å². The van der Waals surface area contributed by atoms with Crippen molar-refractivity contribution in [3.8, 4) is 5.75 Å². The number of benzene rings is 2. The van der Waals surface area contributed by atoms with Crippen LogP contribution in [-0.4, -0.2) is 17.0 Å². The second-order valence-electron chi connectivity index (χ2n) is 6.57. The van der Waals surface area contributed by atoms with Crippen molar-refractivity contribution in [3.63, 3.8) is 0 Å². The second kappa shape index (κ2) is 7.44. The lowest BCUT2D eigenvalue weighted by molar-refractivity contribution is -0.122.